The van der Waals surface area contributed by atoms with Gasteiger partial charge in [0.25, 0.3) is 5.91 Å². The Kier molecular flexibility index (Phi) is 4.58. The SMILES string of the molecule is CSc1cccc(C(=O)N2CC(C(=O)O)OC(C)(C)C2)c1. The molecule has 0 saturated carbocycles. The monoisotopic (exact) mass is 309 g/mol. The number of nitrogens with zero attached hydrogens (tertiary/aromatic N) is 1. The minimum absolute atomic E-state index is 0.0705. The first-order chi connectivity index (χ1) is 9.82. The minimum atomic E-state index is -1.04. The van der Waals surface area contributed by atoms with Crippen molar-refractivity contribution in [3.63, 3.8) is 0 Å². The molecule has 1 amide bonds. The molecule has 1 aromatic carbocycles. The fourth-order valence-corrected chi connectivity index (χ4v) is 2.87. The van der Waals surface area contributed by atoms with E-state index in [4.69, 9.17) is 9.84 Å². The standard InChI is InChI=1S/C15H19NO4S/c1-15(2)9-16(8-12(20-15)14(18)19)13(17)10-5-4-6-11(7-10)21-3/h4-7,12H,8-9H2,1-3H3,(H,18,19). The number of carboxylic acids is 1. The van der Waals surface area contributed by atoms with Crippen molar-refractivity contribution in [3.05, 3.63) is 29.8 Å². The normalized spacial score (nSPS) is 21.1. The highest BCUT2D eigenvalue weighted by Crippen LogP contribution is 2.24. The van der Waals surface area contributed by atoms with Crippen molar-refractivity contribution < 1.29 is 19.4 Å². The summed E-state index contributed by atoms with van der Waals surface area (Å²) in [6.07, 6.45) is 0.962. The molecule has 1 fully saturated rings. The van der Waals surface area contributed by atoms with Gasteiger partial charge in [0.05, 0.1) is 12.1 Å². The zero-order valence-electron chi connectivity index (χ0n) is 12.3. The van der Waals surface area contributed by atoms with Crippen molar-refractivity contribution in [3.8, 4) is 0 Å². The molecule has 6 heteroatoms. The number of hydrogen-bond donors (Lipinski definition) is 1. The molecule has 0 aliphatic carbocycles. The van der Waals surface area contributed by atoms with Gasteiger partial charge in [-0.15, -0.1) is 11.8 Å². The molecule has 1 saturated heterocycles. The van der Waals surface area contributed by atoms with Gasteiger partial charge < -0.3 is 14.7 Å². The summed E-state index contributed by atoms with van der Waals surface area (Å²) in [6, 6.07) is 7.34. The number of thioether (sulfide) groups is 1. The van der Waals surface area contributed by atoms with E-state index in [0.29, 0.717) is 12.1 Å². The maximum absolute atomic E-state index is 12.6. The van der Waals surface area contributed by atoms with Gasteiger partial charge in [-0.1, -0.05) is 6.07 Å². The quantitative estimate of drug-likeness (QED) is 0.866. The first-order valence-corrected chi connectivity index (χ1v) is 7.89. The Morgan fingerprint density at radius 3 is 2.76 bits per heavy atom. The molecule has 21 heavy (non-hydrogen) atoms. The summed E-state index contributed by atoms with van der Waals surface area (Å²) in [5.74, 6) is -1.20. The highest BCUT2D eigenvalue weighted by atomic mass is 32.2. The Morgan fingerprint density at radius 2 is 2.14 bits per heavy atom. The molecule has 1 aromatic rings. The van der Waals surface area contributed by atoms with Gasteiger partial charge in [-0.3, -0.25) is 4.79 Å². The van der Waals surface area contributed by atoms with E-state index in [-0.39, 0.29) is 12.5 Å². The summed E-state index contributed by atoms with van der Waals surface area (Å²) in [5.41, 5.74) is -0.0997. The van der Waals surface area contributed by atoms with Crippen molar-refractivity contribution in [1.82, 2.24) is 4.90 Å². The summed E-state index contributed by atoms with van der Waals surface area (Å²) in [4.78, 5) is 26.3. The van der Waals surface area contributed by atoms with Crippen LogP contribution in [-0.4, -0.2) is 52.9 Å². The van der Waals surface area contributed by atoms with E-state index in [1.165, 1.54) is 0 Å². The largest absolute Gasteiger partial charge is 0.479 e. The van der Waals surface area contributed by atoms with Gasteiger partial charge in [0, 0.05) is 17.0 Å². The number of rotatable bonds is 3. The first-order valence-electron chi connectivity index (χ1n) is 6.66. The van der Waals surface area contributed by atoms with Crippen molar-refractivity contribution in [2.75, 3.05) is 19.3 Å². The molecule has 2 rings (SSSR count). The van der Waals surface area contributed by atoms with Crippen LogP contribution >= 0.6 is 11.8 Å². The summed E-state index contributed by atoms with van der Waals surface area (Å²) in [5, 5.41) is 9.16. The van der Waals surface area contributed by atoms with Crippen molar-refractivity contribution in [2.45, 2.75) is 30.4 Å². The number of hydrogen-bond acceptors (Lipinski definition) is 4. The Labute approximate surface area is 128 Å². The lowest BCUT2D eigenvalue weighted by Gasteiger charge is -2.41. The van der Waals surface area contributed by atoms with Gasteiger partial charge in [0.15, 0.2) is 6.10 Å². The van der Waals surface area contributed by atoms with Gasteiger partial charge in [-0.05, 0) is 38.3 Å². The van der Waals surface area contributed by atoms with E-state index in [9.17, 15) is 9.59 Å². The van der Waals surface area contributed by atoms with Crippen molar-refractivity contribution in [1.29, 1.82) is 0 Å². The second-order valence-electron chi connectivity index (χ2n) is 5.62. The van der Waals surface area contributed by atoms with E-state index >= 15 is 0 Å². The van der Waals surface area contributed by atoms with Crippen LogP contribution in [0.25, 0.3) is 0 Å². The van der Waals surface area contributed by atoms with Crippen LogP contribution in [0.4, 0.5) is 0 Å². The number of carbonyl (C=O) groups excluding carboxylic acids is 1. The highest BCUT2D eigenvalue weighted by molar-refractivity contribution is 7.98. The molecule has 1 aliphatic rings. The molecule has 0 aromatic heterocycles. The van der Waals surface area contributed by atoms with Crippen molar-refractivity contribution in [2.24, 2.45) is 0 Å². The van der Waals surface area contributed by atoms with E-state index in [1.807, 2.05) is 24.5 Å². The predicted molar refractivity (Wildman–Crippen MR) is 80.7 cm³/mol. The first kappa shape index (κ1) is 15.9. The number of carbonyl (C=O) groups is 2. The number of carboxylic acid groups (broad SMARTS) is 1. The Balaban J connectivity index is 2.22. The molecule has 1 heterocycles. The zero-order chi connectivity index (χ0) is 15.6. The molecule has 1 N–H and O–H groups in total. The number of morpholine rings is 1. The van der Waals surface area contributed by atoms with Crippen molar-refractivity contribution >= 4 is 23.6 Å². The van der Waals surface area contributed by atoms with Crippen LogP contribution in [-0.2, 0) is 9.53 Å². The molecule has 1 aliphatic heterocycles. The smallest absolute Gasteiger partial charge is 0.334 e. The second kappa shape index (κ2) is 6.07. The lowest BCUT2D eigenvalue weighted by atomic mass is 10.0. The lowest BCUT2D eigenvalue weighted by Crippen LogP contribution is -2.56. The topological polar surface area (TPSA) is 66.8 Å². The maximum Gasteiger partial charge on any atom is 0.334 e. The molecule has 114 valence electrons. The number of ether oxygens (including phenoxy) is 1. The highest BCUT2D eigenvalue weighted by Gasteiger charge is 2.39. The second-order valence-corrected chi connectivity index (χ2v) is 6.50. The Hall–Kier alpha value is -1.53. The van der Waals surface area contributed by atoms with Crippen LogP contribution in [0, 0.1) is 0 Å². The molecule has 1 unspecified atom stereocenters. The third kappa shape index (κ3) is 3.77. The Morgan fingerprint density at radius 1 is 1.43 bits per heavy atom. The zero-order valence-corrected chi connectivity index (χ0v) is 13.1. The van der Waals surface area contributed by atoms with Crippen LogP contribution in [0.1, 0.15) is 24.2 Å². The van der Waals surface area contributed by atoms with E-state index < -0.39 is 17.7 Å². The summed E-state index contributed by atoms with van der Waals surface area (Å²) < 4.78 is 5.50. The average Bonchev–Trinajstić information content (AvgIpc) is 2.44. The molecular formula is C15H19NO4S. The number of amides is 1. The van der Waals surface area contributed by atoms with Gasteiger partial charge in [-0.25, -0.2) is 4.79 Å². The molecule has 0 bridgehead atoms. The van der Waals surface area contributed by atoms with Gasteiger partial charge >= 0.3 is 5.97 Å². The predicted octanol–water partition coefficient (Wildman–Crippen LogP) is 2.11. The van der Waals surface area contributed by atoms with Crippen LogP contribution in [0.3, 0.4) is 0 Å². The van der Waals surface area contributed by atoms with Gasteiger partial charge in [0.1, 0.15) is 0 Å². The van der Waals surface area contributed by atoms with E-state index in [1.54, 1.807) is 36.6 Å². The van der Waals surface area contributed by atoms with Crippen LogP contribution in [0.2, 0.25) is 0 Å². The average molecular weight is 309 g/mol. The van der Waals surface area contributed by atoms with Crippen LogP contribution in [0.15, 0.2) is 29.2 Å². The molecule has 5 nitrogen and oxygen atoms in total. The number of benzene rings is 1. The fourth-order valence-electron chi connectivity index (χ4n) is 2.41. The minimum Gasteiger partial charge on any atom is -0.479 e. The van der Waals surface area contributed by atoms with E-state index in [0.717, 1.165) is 4.90 Å². The fraction of sp³-hybridized carbons (Fsp3) is 0.467. The van der Waals surface area contributed by atoms with E-state index in [2.05, 4.69) is 0 Å². The third-order valence-electron chi connectivity index (χ3n) is 3.30. The summed E-state index contributed by atoms with van der Waals surface area (Å²) in [6.45, 7) is 4.03. The third-order valence-corrected chi connectivity index (χ3v) is 4.02. The lowest BCUT2D eigenvalue weighted by molar-refractivity contribution is -0.174. The molecule has 0 radical (unpaired) electrons. The van der Waals surface area contributed by atoms with Gasteiger partial charge in [0.2, 0.25) is 0 Å². The number of aliphatic carboxylic acids is 1. The molecular weight excluding hydrogens is 290 g/mol. The van der Waals surface area contributed by atoms with Gasteiger partial charge in [-0.2, -0.15) is 0 Å². The molecule has 0 spiro atoms. The Bertz CT molecular complexity index is 558. The maximum atomic E-state index is 12.6. The van der Waals surface area contributed by atoms with Crippen LogP contribution in [0.5, 0.6) is 0 Å². The summed E-state index contributed by atoms with van der Waals surface area (Å²) >= 11 is 1.56. The van der Waals surface area contributed by atoms with Crippen LogP contribution < -0.4 is 0 Å². The summed E-state index contributed by atoms with van der Waals surface area (Å²) in [7, 11) is 0. The molecule has 1 atom stereocenters.